The zero-order valence-corrected chi connectivity index (χ0v) is 17.6. The number of carbonyl (C=O) groups excluding carboxylic acids is 1. The Labute approximate surface area is 174 Å². The van der Waals surface area contributed by atoms with Crippen LogP contribution in [0.15, 0.2) is 35.1 Å². The summed E-state index contributed by atoms with van der Waals surface area (Å²) in [5, 5.41) is 41.8. The maximum atomic E-state index is 17.1. The van der Waals surface area contributed by atoms with E-state index in [1.165, 1.54) is 6.08 Å². The lowest BCUT2D eigenvalue weighted by Gasteiger charge is -2.62. The predicted molar refractivity (Wildman–Crippen MR) is 106 cm³/mol. The molecule has 4 aliphatic rings. The summed E-state index contributed by atoms with van der Waals surface area (Å²) in [5.74, 6) is -3.69. The molecule has 164 valence electrons. The van der Waals surface area contributed by atoms with Crippen LogP contribution in [0.3, 0.4) is 0 Å². The van der Waals surface area contributed by atoms with Gasteiger partial charge in [0.2, 0.25) is 0 Å². The van der Waals surface area contributed by atoms with Gasteiger partial charge in [-0.25, -0.2) is 9.18 Å². The van der Waals surface area contributed by atoms with Gasteiger partial charge < -0.3 is 20.4 Å². The van der Waals surface area contributed by atoms with E-state index in [0.717, 1.165) is 0 Å². The third kappa shape index (κ3) is 2.10. The fourth-order valence-electron chi connectivity index (χ4n) is 7.31. The van der Waals surface area contributed by atoms with E-state index in [1.54, 1.807) is 33.8 Å². The first-order chi connectivity index (χ1) is 13.8. The second-order valence-electron chi connectivity index (χ2n) is 10.2. The molecule has 4 rings (SSSR count). The number of ketones is 1. The summed E-state index contributed by atoms with van der Waals surface area (Å²) in [6.45, 7) is 6.73. The van der Waals surface area contributed by atoms with Gasteiger partial charge >= 0.3 is 5.97 Å². The molecule has 2 unspecified atom stereocenters. The van der Waals surface area contributed by atoms with Gasteiger partial charge in [0.05, 0.1) is 12.4 Å². The van der Waals surface area contributed by atoms with Crippen molar-refractivity contribution >= 4 is 11.8 Å². The van der Waals surface area contributed by atoms with Crippen LogP contribution < -0.4 is 0 Å². The minimum absolute atomic E-state index is 0.0639. The van der Waals surface area contributed by atoms with E-state index in [4.69, 9.17) is 0 Å². The van der Waals surface area contributed by atoms with Crippen LogP contribution in [0.25, 0.3) is 0 Å². The van der Waals surface area contributed by atoms with E-state index in [0.29, 0.717) is 23.8 Å². The molecule has 2 fully saturated rings. The van der Waals surface area contributed by atoms with Crippen LogP contribution in [0.4, 0.5) is 4.39 Å². The van der Waals surface area contributed by atoms with Crippen LogP contribution in [0.5, 0.6) is 0 Å². The maximum absolute atomic E-state index is 17.1. The van der Waals surface area contributed by atoms with Gasteiger partial charge in [0.25, 0.3) is 0 Å². The van der Waals surface area contributed by atoms with Crippen molar-refractivity contribution in [3.8, 4) is 0 Å². The second-order valence-corrected chi connectivity index (χ2v) is 10.2. The molecule has 2 saturated carbocycles. The summed E-state index contributed by atoms with van der Waals surface area (Å²) in [6.07, 6.45) is 2.23. The molecule has 0 spiro atoms. The quantitative estimate of drug-likeness (QED) is 0.383. The van der Waals surface area contributed by atoms with Crippen molar-refractivity contribution < 1.29 is 34.4 Å². The van der Waals surface area contributed by atoms with E-state index >= 15 is 4.39 Å². The molecule has 0 aromatic rings. The topological polar surface area (TPSA) is 115 Å². The number of hydrogen-bond donors (Lipinski definition) is 4. The van der Waals surface area contributed by atoms with E-state index in [1.807, 2.05) is 0 Å². The molecule has 4 N–H and O–H groups in total. The predicted octanol–water partition coefficient (Wildman–Crippen LogP) is 2.86. The molecule has 7 heteroatoms. The number of carbonyl (C=O) groups is 2. The number of carboxylic acid groups (broad SMARTS) is 1. The van der Waals surface area contributed by atoms with Crippen molar-refractivity contribution in [1.82, 2.24) is 0 Å². The highest BCUT2D eigenvalue weighted by Crippen LogP contribution is 2.70. The number of alkyl halides is 1. The van der Waals surface area contributed by atoms with E-state index in [-0.39, 0.29) is 24.2 Å². The van der Waals surface area contributed by atoms with Gasteiger partial charge in [0.15, 0.2) is 17.1 Å². The third-order valence-electron chi connectivity index (χ3n) is 8.94. The lowest BCUT2D eigenvalue weighted by molar-refractivity contribution is -0.218. The van der Waals surface area contributed by atoms with Crippen LogP contribution >= 0.6 is 0 Å². The van der Waals surface area contributed by atoms with Gasteiger partial charge in [-0.2, -0.15) is 0 Å². The lowest BCUT2D eigenvalue weighted by atomic mass is 9.44. The average molecular weight is 420 g/mol. The molecule has 0 aromatic heterocycles. The molecule has 8 atom stereocenters. The molecular weight excluding hydrogens is 391 g/mol. The molecule has 0 radical (unpaired) electrons. The fraction of sp³-hybridized carbons (Fsp3) is 0.652. The van der Waals surface area contributed by atoms with Crippen LogP contribution in [-0.2, 0) is 9.59 Å². The number of hydrogen-bond acceptors (Lipinski definition) is 5. The van der Waals surface area contributed by atoms with Crippen molar-refractivity contribution in [3.05, 3.63) is 35.1 Å². The van der Waals surface area contributed by atoms with Gasteiger partial charge in [-0.05, 0) is 49.7 Å². The Kier molecular flexibility index (Phi) is 4.28. The molecule has 4 aliphatic carbocycles. The second kappa shape index (κ2) is 6.04. The monoisotopic (exact) mass is 420 g/mol. The first-order valence-corrected chi connectivity index (χ1v) is 10.4. The van der Waals surface area contributed by atoms with E-state index < -0.39 is 51.9 Å². The van der Waals surface area contributed by atoms with Gasteiger partial charge in [0.1, 0.15) is 0 Å². The molecule has 30 heavy (non-hydrogen) atoms. The minimum Gasteiger partial charge on any atom is -0.515 e. The Morgan fingerprint density at radius 1 is 1.33 bits per heavy atom. The standard InChI is InChI=1S/C23H29FO6/c1-11-5-16-15-6-12(2)23(30,19(28)29)21(15,4)9-18(27)22(16,24)20(3)8-13(10-25)17(26)7-14(11)20/h5,7,10,12,15-16,18,25,27,30H,6,8-9H2,1-4H3,(H,28,29)/b13-10+/t12-,15?,16?,18+,20+,21+,22+,23+/m1/s1. The summed E-state index contributed by atoms with van der Waals surface area (Å²) in [7, 11) is 0. The summed E-state index contributed by atoms with van der Waals surface area (Å²) in [4.78, 5) is 24.4. The summed E-state index contributed by atoms with van der Waals surface area (Å²) in [6, 6.07) is 0. The molecule has 0 aromatic carbocycles. The highest BCUT2D eigenvalue weighted by Gasteiger charge is 2.76. The first kappa shape index (κ1) is 21.2. The highest BCUT2D eigenvalue weighted by molar-refractivity contribution is 6.06. The van der Waals surface area contributed by atoms with Crippen LogP contribution in [0.1, 0.15) is 47.0 Å². The van der Waals surface area contributed by atoms with Gasteiger partial charge in [-0.3, -0.25) is 4.79 Å². The van der Waals surface area contributed by atoms with Gasteiger partial charge in [-0.15, -0.1) is 0 Å². The molecule has 0 saturated heterocycles. The number of carboxylic acids is 1. The smallest absolute Gasteiger partial charge is 0.336 e. The Morgan fingerprint density at radius 3 is 2.53 bits per heavy atom. The molecule has 0 bridgehead atoms. The van der Waals surface area contributed by atoms with Crippen LogP contribution in [-0.4, -0.2) is 49.6 Å². The molecule has 0 amide bonds. The van der Waals surface area contributed by atoms with Gasteiger partial charge in [-0.1, -0.05) is 32.4 Å². The third-order valence-corrected chi connectivity index (χ3v) is 8.94. The van der Waals surface area contributed by atoms with Crippen molar-refractivity contribution in [2.24, 2.45) is 28.6 Å². The SMILES string of the molecule is CC1=CC2C3C[C@@H](C)[C@](O)(C(=O)O)[C@@]3(C)C[C@H](O)[C@]2(F)[C@@]2(C)C/C(=C\O)C(=O)C=C12. The van der Waals surface area contributed by atoms with Crippen molar-refractivity contribution in [3.63, 3.8) is 0 Å². The molecule has 0 heterocycles. The Hall–Kier alpha value is -1.99. The Bertz CT molecular complexity index is 936. The molecule has 6 nitrogen and oxygen atoms in total. The number of aliphatic hydroxyl groups is 3. The zero-order chi connectivity index (χ0) is 22.4. The van der Waals surface area contributed by atoms with E-state index in [9.17, 15) is 30.0 Å². The Morgan fingerprint density at radius 2 is 1.97 bits per heavy atom. The summed E-state index contributed by atoms with van der Waals surface area (Å²) >= 11 is 0. The first-order valence-electron chi connectivity index (χ1n) is 10.4. The Balaban J connectivity index is 1.95. The summed E-state index contributed by atoms with van der Waals surface area (Å²) < 4.78 is 17.1. The highest BCUT2D eigenvalue weighted by atomic mass is 19.1. The number of aliphatic hydroxyl groups excluding tert-OH is 2. The van der Waals surface area contributed by atoms with Gasteiger partial charge in [0, 0.05) is 22.3 Å². The average Bonchev–Trinajstić information content (AvgIpc) is 2.87. The number of allylic oxidation sites excluding steroid dienone is 5. The van der Waals surface area contributed by atoms with Crippen molar-refractivity contribution in [2.45, 2.75) is 64.3 Å². The van der Waals surface area contributed by atoms with Crippen LogP contribution in [0, 0.1) is 28.6 Å². The number of aliphatic carboxylic acids is 1. The maximum Gasteiger partial charge on any atom is 0.336 e. The largest absolute Gasteiger partial charge is 0.515 e. The summed E-state index contributed by atoms with van der Waals surface area (Å²) in [5.41, 5.74) is -5.46. The fourth-order valence-corrected chi connectivity index (χ4v) is 7.31. The lowest BCUT2D eigenvalue weighted by Crippen LogP contribution is -2.69. The van der Waals surface area contributed by atoms with Crippen LogP contribution in [0.2, 0.25) is 0 Å². The number of rotatable bonds is 1. The van der Waals surface area contributed by atoms with Crippen molar-refractivity contribution in [1.29, 1.82) is 0 Å². The molecule has 0 aliphatic heterocycles. The normalized spacial score (nSPS) is 51.6. The number of halogens is 1. The minimum atomic E-state index is -2.18. The zero-order valence-electron chi connectivity index (χ0n) is 17.6. The van der Waals surface area contributed by atoms with E-state index in [2.05, 4.69) is 0 Å². The molecular formula is C23H29FO6. The van der Waals surface area contributed by atoms with Crippen molar-refractivity contribution in [2.75, 3.05) is 0 Å². The number of fused-ring (bicyclic) bond motifs is 5.